The number of nitrogens with one attached hydrogen (secondary N) is 1. The van der Waals surface area contributed by atoms with Crippen LogP contribution in [0.15, 0.2) is 64.3 Å². The molecule has 1 aromatic heterocycles. The van der Waals surface area contributed by atoms with E-state index in [0.717, 1.165) is 4.47 Å². The molecule has 0 saturated carbocycles. The van der Waals surface area contributed by atoms with Gasteiger partial charge in [-0.1, -0.05) is 33.2 Å². The molecule has 29 heavy (non-hydrogen) atoms. The number of fused-ring (bicyclic) bond motifs is 1. The number of aromatic nitrogens is 4. The minimum Gasteiger partial charge on any atom is -0.464 e. The summed E-state index contributed by atoms with van der Waals surface area (Å²) in [5, 5.41) is 14.2. The zero-order valence-electron chi connectivity index (χ0n) is 15.0. The van der Waals surface area contributed by atoms with Crippen LogP contribution in [0, 0.1) is 5.82 Å². The lowest BCUT2D eigenvalue weighted by Crippen LogP contribution is -2.32. The highest BCUT2D eigenvalue weighted by Gasteiger charge is 2.38. The molecule has 0 bridgehead atoms. The predicted molar refractivity (Wildman–Crippen MR) is 103 cm³/mol. The van der Waals surface area contributed by atoms with Crippen molar-refractivity contribution >= 4 is 33.6 Å². The highest BCUT2D eigenvalue weighted by molar-refractivity contribution is 9.10. The third-order valence-corrected chi connectivity index (χ3v) is 4.97. The molecular formula is C19H13BrFN5O3. The molecule has 8 nitrogen and oxygen atoms in total. The molecule has 10 heteroatoms. The molecule has 0 fully saturated rings. The summed E-state index contributed by atoms with van der Waals surface area (Å²) in [4.78, 5) is 25.9. The first kappa shape index (κ1) is 18.9. The molecule has 0 saturated heterocycles. The van der Waals surface area contributed by atoms with E-state index >= 15 is 0 Å². The number of benzene rings is 2. The van der Waals surface area contributed by atoms with E-state index in [1.165, 1.54) is 36.1 Å². The van der Waals surface area contributed by atoms with Crippen molar-refractivity contribution in [3.63, 3.8) is 0 Å². The summed E-state index contributed by atoms with van der Waals surface area (Å²) < 4.78 is 20.5. The Labute approximate surface area is 172 Å². The number of anilines is 1. The molecule has 1 aliphatic rings. The van der Waals surface area contributed by atoms with Gasteiger partial charge in [-0.05, 0) is 52.4 Å². The van der Waals surface area contributed by atoms with Crippen molar-refractivity contribution in [2.75, 3.05) is 12.4 Å². The van der Waals surface area contributed by atoms with Gasteiger partial charge in [0.05, 0.1) is 12.7 Å². The lowest BCUT2D eigenvalue weighted by molar-refractivity contribution is -0.136. The Hall–Kier alpha value is -3.40. The van der Waals surface area contributed by atoms with E-state index in [1.807, 2.05) is 0 Å². The number of halogens is 2. The van der Waals surface area contributed by atoms with Crippen LogP contribution in [0.25, 0.3) is 0 Å². The van der Waals surface area contributed by atoms with Crippen molar-refractivity contribution in [1.29, 1.82) is 0 Å². The Kier molecular flexibility index (Phi) is 4.93. The molecular weight excluding hydrogens is 445 g/mol. The topological polar surface area (TPSA) is 99.0 Å². The first-order valence-corrected chi connectivity index (χ1v) is 9.22. The lowest BCUT2D eigenvalue weighted by Gasteiger charge is -2.28. The predicted octanol–water partition coefficient (Wildman–Crippen LogP) is 2.90. The number of ketones is 1. The quantitative estimate of drug-likeness (QED) is 0.474. The summed E-state index contributed by atoms with van der Waals surface area (Å²) in [5.41, 5.74) is 0.904. The minimum absolute atomic E-state index is 0.0722. The number of tetrazole rings is 1. The Morgan fingerprint density at radius 3 is 2.48 bits per heavy atom. The molecule has 0 spiro atoms. The lowest BCUT2D eigenvalue weighted by atomic mass is 9.89. The molecule has 0 unspecified atom stereocenters. The van der Waals surface area contributed by atoms with Gasteiger partial charge >= 0.3 is 5.97 Å². The number of hydrogen-bond acceptors (Lipinski definition) is 7. The molecule has 2 heterocycles. The van der Waals surface area contributed by atoms with Crippen molar-refractivity contribution in [3.05, 3.63) is 81.2 Å². The maximum atomic E-state index is 13.5. The maximum Gasteiger partial charge on any atom is 0.355 e. The smallest absolute Gasteiger partial charge is 0.355 e. The summed E-state index contributed by atoms with van der Waals surface area (Å²) in [6, 6.07) is 11.4. The fraction of sp³-hybridized carbons (Fsp3) is 0.105. The van der Waals surface area contributed by atoms with Gasteiger partial charge in [0, 0.05) is 10.0 Å². The van der Waals surface area contributed by atoms with Gasteiger partial charge in [-0.25, -0.2) is 9.18 Å². The van der Waals surface area contributed by atoms with Gasteiger partial charge in [0.15, 0.2) is 5.78 Å². The number of carbonyl (C=O) groups is 2. The summed E-state index contributed by atoms with van der Waals surface area (Å²) >= 11 is 3.33. The fourth-order valence-corrected chi connectivity index (χ4v) is 3.36. The number of allylic oxidation sites excluding steroid dienone is 1. The summed E-state index contributed by atoms with van der Waals surface area (Å²) in [5.74, 6) is -1.43. The Morgan fingerprint density at radius 2 is 1.83 bits per heavy atom. The fourth-order valence-electron chi connectivity index (χ4n) is 3.10. The van der Waals surface area contributed by atoms with E-state index in [1.54, 1.807) is 24.3 Å². The third kappa shape index (κ3) is 3.42. The summed E-state index contributed by atoms with van der Waals surface area (Å²) in [6.07, 6.45) is 0. The molecule has 1 atom stereocenters. The number of carbonyl (C=O) groups excluding carboxylic acids is 2. The number of methoxy groups -OCH3 is 1. The molecule has 3 aromatic rings. The normalized spacial score (nSPS) is 15.5. The van der Waals surface area contributed by atoms with Gasteiger partial charge < -0.3 is 10.1 Å². The van der Waals surface area contributed by atoms with Crippen molar-refractivity contribution in [2.45, 2.75) is 6.04 Å². The van der Waals surface area contributed by atoms with E-state index in [0.29, 0.717) is 11.1 Å². The highest BCUT2D eigenvalue weighted by Crippen LogP contribution is 2.36. The van der Waals surface area contributed by atoms with E-state index < -0.39 is 23.6 Å². The minimum atomic E-state index is -0.855. The van der Waals surface area contributed by atoms with Crippen LogP contribution < -0.4 is 5.32 Å². The second kappa shape index (κ2) is 7.55. The molecule has 4 rings (SSSR count). The zero-order chi connectivity index (χ0) is 20.5. The van der Waals surface area contributed by atoms with Crippen molar-refractivity contribution in [1.82, 2.24) is 20.2 Å². The van der Waals surface area contributed by atoms with Gasteiger partial charge in [0.2, 0.25) is 5.95 Å². The van der Waals surface area contributed by atoms with Crippen LogP contribution in [0.2, 0.25) is 0 Å². The largest absolute Gasteiger partial charge is 0.464 e. The van der Waals surface area contributed by atoms with Gasteiger partial charge in [-0.3, -0.25) is 4.79 Å². The second-order valence-electron chi connectivity index (χ2n) is 6.14. The number of Topliss-reactive ketones (excluding diaryl/α,β-unsaturated/α-hetero) is 1. The third-order valence-electron chi connectivity index (χ3n) is 4.44. The Bertz CT molecular complexity index is 1130. The highest BCUT2D eigenvalue weighted by atomic mass is 79.9. The zero-order valence-corrected chi connectivity index (χ0v) is 16.6. The first-order chi connectivity index (χ1) is 14.0. The van der Waals surface area contributed by atoms with Crippen molar-refractivity contribution in [2.24, 2.45) is 0 Å². The molecule has 1 aliphatic heterocycles. The summed E-state index contributed by atoms with van der Waals surface area (Å²) in [7, 11) is 1.21. The molecule has 0 amide bonds. The average Bonchev–Trinajstić information content (AvgIpc) is 3.21. The van der Waals surface area contributed by atoms with Crippen LogP contribution in [-0.2, 0) is 9.53 Å². The molecule has 1 N–H and O–H groups in total. The van der Waals surface area contributed by atoms with E-state index in [-0.39, 0.29) is 17.2 Å². The van der Waals surface area contributed by atoms with Crippen molar-refractivity contribution < 1.29 is 18.7 Å². The number of esters is 1. The SMILES string of the molecule is COC(=O)C1=C(C(=O)c2ccc(Br)cc2)[C@H](c2ccc(F)cc2)n2nnnc2N1. The molecule has 0 radical (unpaired) electrons. The van der Waals surface area contributed by atoms with Gasteiger partial charge in [-0.15, -0.1) is 0 Å². The van der Waals surface area contributed by atoms with Crippen LogP contribution in [0.4, 0.5) is 10.3 Å². The Balaban J connectivity index is 1.94. The van der Waals surface area contributed by atoms with Crippen LogP contribution >= 0.6 is 15.9 Å². The Morgan fingerprint density at radius 1 is 1.14 bits per heavy atom. The first-order valence-electron chi connectivity index (χ1n) is 8.42. The number of hydrogen-bond donors (Lipinski definition) is 1. The monoisotopic (exact) mass is 457 g/mol. The van der Waals surface area contributed by atoms with Crippen LogP contribution in [-0.4, -0.2) is 39.1 Å². The van der Waals surface area contributed by atoms with Crippen LogP contribution in [0.3, 0.4) is 0 Å². The van der Waals surface area contributed by atoms with E-state index in [4.69, 9.17) is 4.74 Å². The number of rotatable bonds is 4. The molecule has 146 valence electrons. The molecule has 2 aromatic carbocycles. The standard InChI is InChI=1S/C19H13BrFN5O3/c1-29-18(28)15-14(17(27)11-2-6-12(20)7-3-11)16(10-4-8-13(21)9-5-10)26-19(22-15)23-24-25-26/h2-9,16H,1H3,(H,22,23,25)/t16-/m0/s1. The van der Waals surface area contributed by atoms with Crippen LogP contribution in [0.5, 0.6) is 0 Å². The van der Waals surface area contributed by atoms with Crippen molar-refractivity contribution in [3.8, 4) is 0 Å². The van der Waals surface area contributed by atoms with E-state index in [2.05, 4.69) is 36.8 Å². The van der Waals surface area contributed by atoms with Crippen LogP contribution in [0.1, 0.15) is 22.0 Å². The van der Waals surface area contributed by atoms with E-state index in [9.17, 15) is 14.0 Å². The van der Waals surface area contributed by atoms with Gasteiger partial charge in [0.25, 0.3) is 0 Å². The number of nitrogens with zero attached hydrogens (tertiary/aromatic N) is 4. The van der Waals surface area contributed by atoms with Gasteiger partial charge in [-0.2, -0.15) is 4.68 Å². The van der Waals surface area contributed by atoms with Gasteiger partial charge in [0.1, 0.15) is 17.6 Å². The average molecular weight is 458 g/mol. The molecule has 0 aliphatic carbocycles. The summed E-state index contributed by atoms with van der Waals surface area (Å²) in [6.45, 7) is 0. The number of ether oxygens (including phenoxy) is 1. The second-order valence-corrected chi connectivity index (χ2v) is 7.06. The maximum absolute atomic E-state index is 13.5.